The standard InChI is InChI=1S/C22H30N2O3S/c1-14-8-15(2)10-20(9-14)24(28(7,26)27)13-22(25)23-19(6)21-12-17(4)16(3)11-18(21)5/h8-12,19H,13H2,1-7H3,(H,23,25)/t19-/m0/s1. The average Bonchev–Trinajstić information content (AvgIpc) is 2.53. The molecule has 0 spiro atoms. The Labute approximate surface area is 168 Å². The molecule has 6 heteroatoms. The molecule has 5 nitrogen and oxygen atoms in total. The van der Waals surface area contributed by atoms with Gasteiger partial charge in [0.15, 0.2) is 0 Å². The molecule has 0 radical (unpaired) electrons. The minimum atomic E-state index is -3.59. The van der Waals surface area contributed by atoms with E-state index < -0.39 is 10.0 Å². The summed E-state index contributed by atoms with van der Waals surface area (Å²) in [6.07, 6.45) is 1.12. The number of rotatable bonds is 6. The number of anilines is 1. The van der Waals surface area contributed by atoms with Crippen molar-refractivity contribution in [3.8, 4) is 0 Å². The number of sulfonamides is 1. The summed E-state index contributed by atoms with van der Waals surface area (Å²) < 4.78 is 25.8. The number of carbonyl (C=O) groups is 1. The van der Waals surface area contributed by atoms with Crippen LogP contribution in [-0.4, -0.2) is 27.1 Å². The van der Waals surface area contributed by atoms with Crippen LogP contribution in [0.4, 0.5) is 5.69 Å². The van der Waals surface area contributed by atoms with Crippen LogP contribution in [0.1, 0.15) is 46.3 Å². The van der Waals surface area contributed by atoms with Gasteiger partial charge in [-0.2, -0.15) is 0 Å². The van der Waals surface area contributed by atoms with Crippen molar-refractivity contribution in [2.45, 2.75) is 47.6 Å². The molecule has 0 aromatic heterocycles. The van der Waals surface area contributed by atoms with Crippen LogP contribution in [0.25, 0.3) is 0 Å². The molecule has 0 fully saturated rings. The van der Waals surface area contributed by atoms with Crippen molar-refractivity contribution in [2.24, 2.45) is 0 Å². The maximum absolute atomic E-state index is 12.7. The second kappa shape index (κ2) is 8.35. The number of hydrogen-bond donors (Lipinski definition) is 1. The predicted octanol–water partition coefficient (Wildman–Crippen LogP) is 3.87. The van der Waals surface area contributed by atoms with Crippen LogP contribution in [0.3, 0.4) is 0 Å². The van der Waals surface area contributed by atoms with Crippen LogP contribution in [0, 0.1) is 34.6 Å². The molecule has 28 heavy (non-hydrogen) atoms. The van der Waals surface area contributed by atoms with Gasteiger partial charge in [-0.05, 0) is 87.1 Å². The molecular weight excluding hydrogens is 372 g/mol. The lowest BCUT2D eigenvalue weighted by Gasteiger charge is -2.24. The number of nitrogens with zero attached hydrogens (tertiary/aromatic N) is 1. The van der Waals surface area contributed by atoms with Gasteiger partial charge < -0.3 is 5.32 Å². The lowest BCUT2D eigenvalue weighted by Crippen LogP contribution is -2.41. The van der Waals surface area contributed by atoms with Gasteiger partial charge in [0.25, 0.3) is 0 Å². The maximum Gasteiger partial charge on any atom is 0.241 e. The fraction of sp³-hybridized carbons (Fsp3) is 0.409. The third-order valence-electron chi connectivity index (χ3n) is 4.91. The summed E-state index contributed by atoms with van der Waals surface area (Å²) in [5.41, 5.74) is 6.91. The van der Waals surface area contributed by atoms with Crippen LogP contribution in [-0.2, 0) is 14.8 Å². The van der Waals surface area contributed by atoms with Crippen molar-refractivity contribution in [3.63, 3.8) is 0 Å². The largest absolute Gasteiger partial charge is 0.348 e. The second-order valence-electron chi connectivity index (χ2n) is 7.70. The summed E-state index contributed by atoms with van der Waals surface area (Å²) in [7, 11) is -3.59. The van der Waals surface area contributed by atoms with Gasteiger partial charge in [-0.3, -0.25) is 9.10 Å². The van der Waals surface area contributed by atoms with Crippen LogP contribution < -0.4 is 9.62 Å². The van der Waals surface area contributed by atoms with Gasteiger partial charge >= 0.3 is 0 Å². The Morgan fingerprint density at radius 1 is 0.929 bits per heavy atom. The zero-order valence-corrected chi connectivity index (χ0v) is 18.6. The average molecular weight is 403 g/mol. The van der Waals surface area contributed by atoms with Crippen molar-refractivity contribution in [2.75, 3.05) is 17.1 Å². The molecule has 2 rings (SSSR count). The molecule has 152 valence electrons. The van der Waals surface area contributed by atoms with Crippen LogP contribution >= 0.6 is 0 Å². The summed E-state index contributed by atoms with van der Waals surface area (Å²) in [5.74, 6) is -0.338. The second-order valence-corrected chi connectivity index (χ2v) is 9.60. The van der Waals surface area contributed by atoms with E-state index in [-0.39, 0.29) is 18.5 Å². The number of hydrogen-bond acceptors (Lipinski definition) is 3. The lowest BCUT2D eigenvalue weighted by molar-refractivity contribution is -0.120. The van der Waals surface area contributed by atoms with E-state index in [0.29, 0.717) is 5.69 Å². The number of benzene rings is 2. The van der Waals surface area contributed by atoms with Crippen molar-refractivity contribution < 1.29 is 13.2 Å². The molecule has 1 atom stereocenters. The normalized spacial score (nSPS) is 12.5. The lowest BCUT2D eigenvalue weighted by atomic mass is 9.96. The van der Waals surface area contributed by atoms with E-state index >= 15 is 0 Å². The quantitative estimate of drug-likeness (QED) is 0.798. The van der Waals surface area contributed by atoms with Crippen molar-refractivity contribution in [1.82, 2.24) is 5.32 Å². The summed E-state index contributed by atoms with van der Waals surface area (Å²) in [6, 6.07) is 9.48. The predicted molar refractivity (Wildman–Crippen MR) is 115 cm³/mol. The van der Waals surface area contributed by atoms with Gasteiger partial charge in [-0.25, -0.2) is 8.42 Å². The molecule has 0 heterocycles. The molecule has 0 saturated carbocycles. The molecule has 2 aromatic rings. The van der Waals surface area contributed by atoms with E-state index in [0.717, 1.165) is 38.4 Å². The first kappa shape index (κ1) is 22.0. The van der Waals surface area contributed by atoms with Gasteiger partial charge in [0.1, 0.15) is 6.54 Å². The highest BCUT2D eigenvalue weighted by Gasteiger charge is 2.22. The van der Waals surface area contributed by atoms with Crippen LogP contribution in [0.2, 0.25) is 0 Å². The molecule has 0 bridgehead atoms. The first-order chi connectivity index (χ1) is 12.9. The van der Waals surface area contributed by atoms with Gasteiger partial charge in [-0.15, -0.1) is 0 Å². The Bertz CT molecular complexity index is 977. The van der Waals surface area contributed by atoms with Gasteiger partial charge in [0.05, 0.1) is 18.0 Å². The topological polar surface area (TPSA) is 66.5 Å². The van der Waals surface area contributed by atoms with Crippen LogP contribution in [0.5, 0.6) is 0 Å². The first-order valence-electron chi connectivity index (χ1n) is 9.31. The number of aryl methyl sites for hydroxylation is 5. The van der Waals surface area contributed by atoms with E-state index in [1.165, 1.54) is 5.56 Å². The summed E-state index contributed by atoms with van der Waals surface area (Å²) >= 11 is 0. The van der Waals surface area contributed by atoms with E-state index in [4.69, 9.17) is 0 Å². The number of amides is 1. The Hall–Kier alpha value is -2.34. The third-order valence-corrected chi connectivity index (χ3v) is 6.05. The maximum atomic E-state index is 12.7. The molecule has 0 saturated heterocycles. The Morgan fingerprint density at radius 3 is 2.00 bits per heavy atom. The molecule has 0 unspecified atom stereocenters. The zero-order chi connectivity index (χ0) is 21.2. The van der Waals surface area contributed by atoms with E-state index in [1.807, 2.05) is 40.7 Å². The van der Waals surface area contributed by atoms with Crippen molar-refractivity contribution in [3.05, 3.63) is 63.7 Å². The smallest absolute Gasteiger partial charge is 0.241 e. The monoisotopic (exact) mass is 402 g/mol. The molecule has 0 aliphatic rings. The molecule has 0 aliphatic carbocycles. The summed E-state index contributed by atoms with van der Waals surface area (Å²) in [6.45, 7) is 11.6. The minimum Gasteiger partial charge on any atom is -0.348 e. The Morgan fingerprint density at radius 2 is 1.46 bits per heavy atom. The highest BCUT2D eigenvalue weighted by molar-refractivity contribution is 7.92. The Kier molecular flexibility index (Phi) is 6.55. The Balaban J connectivity index is 2.24. The number of nitrogens with one attached hydrogen (secondary N) is 1. The molecule has 2 aromatic carbocycles. The fourth-order valence-corrected chi connectivity index (χ4v) is 4.28. The number of carbonyl (C=O) groups excluding carboxylic acids is 1. The van der Waals surface area contributed by atoms with E-state index in [9.17, 15) is 13.2 Å². The minimum absolute atomic E-state index is 0.215. The summed E-state index contributed by atoms with van der Waals surface area (Å²) in [5, 5.41) is 2.94. The van der Waals surface area contributed by atoms with E-state index in [2.05, 4.69) is 24.4 Å². The van der Waals surface area contributed by atoms with Crippen molar-refractivity contribution in [1.29, 1.82) is 0 Å². The molecule has 1 N–H and O–H groups in total. The van der Waals surface area contributed by atoms with Crippen molar-refractivity contribution >= 4 is 21.6 Å². The van der Waals surface area contributed by atoms with Gasteiger partial charge in [0, 0.05) is 0 Å². The molecular formula is C22H30N2O3S. The fourth-order valence-electron chi connectivity index (χ4n) is 3.44. The summed E-state index contributed by atoms with van der Waals surface area (Å²) in [4.78, 5) is 12.7. The van der Waals surface area contributed by atoms with Gasteiger partial charge in [-0.1, -0.05) is 18.2 Å². The highest BCUT2D eigenvalue weighted by Crippen LogP contribution is 2.23. The van der Waals surface area contributed by atoms with E-state index in [1.54, 1.807) is 12.1 Å². The molecule has 0 aliphatic heterocycles. The van der Waals surface area contributed by atoms with Gasteiger partial charge in [0.2, 0.25) is 15.9 Å². The molecule has 1 amide bonds. The SMILES string of the molecule is Cc1cc(C)cc(N(CC(=O)N[C@@H](C)c2cc(C)c(C)cc2C)S(C)(=O)=O)c1. The van der Waals surface area contributed by atoms with Crippen LogP contribution in [0.15, 0.2) is 30.3 Å². The third kappa shape index (κ3) is 5.35. The first-order valence-corrected chi connectivity index (χ1v) is 11.2. The highest BCUT2D eigenvalue weighted by atomic mass is 32.2. The zero-order valence-electron chi connectivity index (χ0n) is 17.8.